The summed E-state index contributed by atoms with van der Waals surface area (Å²) in [5.41, 5.74) is -1.34. The maximum atomic E-state index is 12.3. The molecule has 0 aromatic heterocycles. The first kappa shape index (κ1) is 15.9. The number of aliphatic carboxylic acids is 1. The van der Waals surface area contributed by atoms with Crippen LogP contribution >= 0.6 is 0 Å². The minimum absolute atomic E-state index is 0.0904. The number of carboxylic acids is 1. The molecule has 0 radical (unpaired) electrons. The van der Waals surface area contributed by atoms with E-state index in [9.17, 15) is 9.59 Å². The van der Waals surface area contributed by atoms with Gasteiger partial charge in [0.05, 0.1) is 0 Å². The Morgan fingerprint density at radius 1 is 1.29 bits per heavy atom. The molecule has 4 heteroatoms. The predicted octanol–water partition coefficient (Wildman–Crippen LogP) is 2.52. The van der Waals surface area contributed by atoms with Gasteiger partial charge in [0, 0.05) is 12.6 Å². The van der Waals surface area contributed by atoms with E-state index < -0.39 is 11.4 Å². The third-order valence-electron chi connectivity index (χ3n) is 3.21. The highest BCUT2D eigenvalue weighted by atomic mass is 16.4. The first-order valence-corrected chi connectivity index (χ1v) is 6.33. The molecule has 17 heavy (non-hydrogen) atoms. The number of hydrogen-bond donors (Lipinski definition) is 1. The lowest BCUT2D eigenvalue weighted by molar-refractivity contribution is -0.159. The molecule has 1 N–H and O–H groups in total. The average molecular weight is 243 g/mol. The minimum Gasteiger partial charge on any atom is -0.480 e. The molecule has 0 spiro atoms. The summed E-state index contributed by atoms with van der Waals surface area (Å²) in [5.74, 6) is -1.35. The SMILES string of the molecule is CCCCN(C(=O)C(C)(C)C(=O)O)C(C)CC. The lowest BCUT2D eigenvalue weighted by atomic mass is 9.91. The van der Waals surface area contributed by atoms with Crippen LogP contribution in [-0.4, -0.2) is 34.5 Å². The third kappa shape index (κ3) is 4.02. The van der Waals surface area contributed by atoms with Crippen LogP contribution in [0.5, 0.6) is 0 Å². The van der Waals surface area contributed by atoms with Crippen LogP contribution in [-0.2, 0) is 9.59 Å². The molecule has 4 nitrogen and oxygen atoms in total. The van der Waals surface area contributed by atoms with E-state index in [0.717, 1.165) is 19.3 Å². The van der Waals surface area contributed by atoms with E-state index in [4.69, 9.17) is 5.11 Å². The van der Waals surface area contributed by atoms with Crippen LogP contribution in [0.15, 0.2) is 0 Å². The molecular weight excluding hydrogens is 218 g/mol. The van der Waals surface area contributed by atoms with Crippen molar-refractivity contribution >= 4 is 11.9 Å². The number of hydrogen-bond acceptors (Lipinski definition) is 2. The Morgan fingerprint density at radius 3 is 2.18 bits per heavy atom. The Balaban J connectivity index is 4.92. The Labute approximate surface area is 104 Å². The quantitative estimate of drug-likeness (QED) is 0.699. The fourth-order valence-corrected chi connectivity index (χ4v) is 1.52. The van der Waals surface area contributed by atoms with Crippen LogP contribution in [0, 0.1) is 5.41 Å². The van der Waals surface area contributed by atoms with Crippen molar-refractivity contribution in [3.63, 3.8) is 0 Å². The predicted molar refractivity (Wildman–Crippen MR) is 67.8 cm³/mol. The first-order valence-electron chi connectivity index (χ1n) is 6.33. The molecule has 0 aromatic carbocycles. The Kier molecular flexibility index (Phi) is 6.21. The summed E-state index contributed by atoms with van der Waals surface area (Å²) in [6.07, 6.45) is 2.74. The van der Waals surface area contributed by atoms with Crippen molar-refractivity contribution in [1.82, 2.24) is 4.90 Å². The Hall–Kier alpha value is -1.06. The van der Waals surface area contributed by atoms with Gasteiger partial charge in [0.1, 0.15) is 5.41 Å². The van der Waals surface area contributed by atoms with Crippen LogP contribution in [0.1, 0.15) is 53.9 Å². The molecule has 0 heterocycles. The van der Waals surface area contributed by atoms with E-state index in [1.54, 1.807) is 4.90 Å². The number of rotatable bonds is 7. The van der Waals surface area contributed by atoms with Gasteiger partial charge in [-0.25, -0.2) is 0 Å². The number of carbonyl (C=O) groups excluding carboxylic acids is 1. The highest BCUT2D eigenvalue weighted by Crippen LogP contribution is 2.22. The van der Waals surface area contributed by atoms with Crippen LogP contribution in [0.25, 0.3) is 0 Å². The van der Waals surface area contributed by atoms with Crippen molar-refractivity contribution in [2.45, 2.75) is 59.9 Å². The maximum absolute atomic E-state index is 12.3. The molecule has 1 amide bonds. The van der Waals surface area contributed by atoms with Crippen molar-refractivity contribution in [2.75, 3.05) is 6.54 Å². The molecule has 0 aliphatic carbocycles. The molecule has 0 saturated heterocycles. The molecule has 0 fully saturated rings. The number of carboxylic acid groups (broad SMARTS) is 1. The van der Waals surface area contributed by atoms with Crippen LogP contribution in [0.2, 0.25) is 0 Å². The van der Waals surface area contributed by atoms with Gasteiger partial charge in [-0.05, 0) is 33.6 Å². The van der Waals surface area contributed by atoms with Crippen molar-refractivity contribution in [2.24, 2.45) is 5.41 Å². The minimum atomic E-state index is -1.34. The zero-order valence-electron chi connectivity index (χ0n) is 11.6. The third-order valence-corrected chi connectivity index (χ3v) is 3.21. The molecule has 100 valence electrons. The molecule has 0 saturated carbocycles. The molecule has 0 aliphatic heterocycles. The number of carbonyl (C=O) groups is 2. The van der Waals surface area contributed by atoms with Gasteiger partial charge in [-0.15, -0.1) is 0 Å². The highest BCUT2D eigenvalue weighted by Gasteiger charge is 2.40. The van der Waals surface area contributed by atoms with E-state index in [0.29, 0.717) is 6.54 Å². The first-order chi connectivity index (χ1) is 7.78. The second-order valence-corrected chi connectivity index (χ2v) is 5.04. The van der Waals surface area contributed by atoms with Gasteiger partial charge in [-0.1, -0.05) is 20.3 Å². The van der Waals surface area contributed by atoms with Gasteiger partial charge in [-0.3, -0.25) is 9.59 Å². The lowest BCUT2D eigenvalue weighted by Crippen LogP contribution is -2.49. The second-order valence-electron chi connectivity index (χ2n) is 5.04. The van der Waals surface area contributed by atoms with Gasteiger partial charge < -0.3 is 10.0 Å². The van der Waals surface area contributed by atoms with Crippen molar-refractivity contribution in [3.05, 3.63) is 0 Å². The molecular formula is C13H25NO3. The maximum Gasteiger partial charge on any atom is 0.318 e. The highest BCUT2D eigenvalue weighted by molar-refractivity contribution is 6.01. The summed E-state index contributed by atoms with van der Waals surface area (Å²) < 4.78 is 0. The van der Waals surface area contributed by atoms with E-state index in [-0.39, 0.29) is 11.9 Å². The Morgan fingerprint density at radius 2 is 1.82 bits per heavy atom. The van der Waals surface area contributed by atoms with Crippen LogP contribution in [0.3, 0.4) is 0 Å². The number of nitrogens with zero attached hydrogens (tertiary/aromatic N) is 1. The smallest absolute Gasteiger partial charge is 0.318 e. The molecule has 1 atom stereocenters. The summed E-state index contributed by atoms with van der Waals surface area (Å²) in [4.78, 5) is 25.1. The lowest BCUT2D eigenvalue weighted by Gasteiger charge is -2.33. The van der Waals surface area contributed by atoms with Crippen molar-refractivity contribution in [3.8, 4) is 0 Å². The molecule has 0 rings (SSSR count). The summed E-state index contributed by atoms with van der Waals surface area (Å²) in [6.45, 7) is 9.61. The second kappa shape index (κ2) is 6.62. The summed E-state index contributed by atoms with van der Waals surface area (Å²) >= 11 is 0. The molecule has 0 aliphatic rings. The van der Waals surface area contributed by atoms with E-state index in [1.165, 1.54) is 13.8 Å². The number of amides is 1. The van der Waals surface area contributed by atoms with Crippen LogP contribution < -0.4 is 0 Å². The van der Waals surface area contributed by atoms with Gasteiger partial charge >= 0.3 is 5.97 Å². The largest absolute Gasteiger partial charge is 0.480 e. The summed E-state index contributed by atoms with van der Waals surface area (Å²) in [6, 6.07) is 0.0904. The van der Waals surface area contributed by atoms with E-state index in [2.05, 4.69) is 6.92 Å². The van der Waals surface area contributed by atoms with Gasteiger partial charge in [0.15, 0.2) is 0 Å². The summed E-state index contributed by atoms with van der Waals surface area (Å²) in [5, 5.41) is 9.09. The molecule has 0 bridgehead atoms. The standard InChI is InChI=1S/C13H25NO3/c1-6-8-9-14(10(3)7-2)11(15)13(4,5)12(16)17/h10H,6-9H2,1-5H3,(H,16,17). The monoisotopic (exact) mass is 243 g/mol. The number of unbranched alkanes of at least 4 members (excludes halogenated alkanes) is 1. The fourth-order valence-electron chi connectivity index (χ4n) is 1.52. The van der Waals surface area contributed by atoms with Gasteiger partial charge in [0.25, 0.3) is 0 Å². The topological polar surface area (TPSA) is 57.6 Å². The zero-order chi connectivity index (χ0) is 13.6. The zero-order valence-corrected chi connectivity index (χ0v) is 11.6. The van der Waals surface area contributed by atoms with Crippen LogP contribution in [0.4, 0.5) is 0 Å². The van der Waals surface area contributed by atoms with E-state index in [1.807, 2.05) is 13.8 Å². The van der Waals surface area contributed by atoms with E-state index >= 15 is 0 Å². The fraction of sp³-hybridized carbons (Fsp3) is 0.846. The normalized spacial score (nSPS) is 13.2. The van der Waals surface area contributed by atoms with Crippen molar-refractivity contribution < 1.29 is 14.7 Å². The Bertz CT molecular complexity index is 274. The summed E-state index contributed by atoms with van der Waals surface area (Å²) in [7, 11) is 0. The molecule has 1 unspecified atom stereocenters. The average Bonchev–Trinajstić information content (AvgIpc) is 2.28. The van der Waals surface area contributed by atoms with Gasteiger partial charge in [-0.2, -0.15) is 0 Å². The molecule has 0 aromatic rings. The van der Waals surface area contributed by atoms with Crippen molar-refractivity contribution in [1.29, 1.82) is 0 Å². The van der Waals surface area contributed by atoms with Gasteiger partial charge in [0.2, 0.25) is 5.91 Å².